The average molecular weight is 434 g/mol. The second-order valence-corrected chi connectivity index (χ2v) is 9.13. The van der Waals surface area contributed by atoms with Gasteiger partial charge in [0.15, 0.2) is 0 Å². The molecule has 3 atom stereocenters. The van der Waals surface area contributed by atoms with Gasteiger partial charge in [0.05, 0.1) is 0 Å². The Hall–Kier alpha value is -3.35. The highest BCUT2D eigenvalue weighted by Gasteiger charge is 2.61. The molecule has 1 aliphatic heterocycles. The van der Waals surface area contributed by atoms with Crippen molar-refractivity contribution in [3.63, 3.8) is 0 Å². The van der Waals surface area contributed by atoms with Crippen LogP contribution < -0.4 is 11.1 Å². The number of rotatable bonds is 6. The third-order valence-corrected chi connectivity index (χ3v) is 7.06. The van der Waals surface area contributed by atoms with Gasteiger partial charge in [-0.25, -0.2) is 9.69 Å². The molecule has 1 saturated heterocycles. The van der Waals surface area contributed by atoms with Gasteiger partial charge in [-0.2, -0.15) is 0 Å². The standard InChI is InChI=1S/C25H27N3O4/c1-15(17-7-8-17)21(22(29)27-14-16-5-3-2-4-6-16)28-23(30)25(32-24(28)31)12-11-18-9-10-19(26)13-20(18)25/h2-6,9-10,13,15,17,21H,7-8,11-12,14,26H2,1H3,(H,27,29)/t15-,21?,25-/m0/s1. The number of aryl methyl sites for hydroxylation is 1. The number of imide groups is 1. The topological polar surface area (TPSA) is 102 Å². The van der Waals surface area contributed by atoms with Crippen LogP contribution in [0.5, 0.6) is 0 Å². The molecule has 0 bridgehead atoms. The number of nitrogens with zero attached hydrogens (tertiary/aromatic N) is 1. The van der Waals surface area contributed by atoms with Crippen LogP contribution in [0.1, 0.15) is 42.9 Å². The summed E-state index contributed by atoms with van der Waals surface area (Å²) in [5.74, 6) is -0.633. The number of benzene rings is 2. The van der Waals surface area contributed by atoms with Gasteiger partial charge < -0.3 is 15.8 Å². The highest BCUT2D eigenvalue weighted by atomic mass is 16.6. The van der Waals surface area contributed by atoms with Crippen LogP contribution in [0, 0.1) is 11.8 Å². The number of ether oxygens (including phenoxy) is 1. The number of nitrogen functional groups attached to an aromatic ring is 1. The van der Waals surface area contributed by atoms with Crippen molar-refractivity contribution < 1.29 is 19.1 Å². The summed E-state index contributed by atoms with van der Waals surface area (Å²) in [5, 5.41) is 2.93. The van der Waals surface area contributed by atoms with Crippen LogP contribution in [0.15, 0.2) is 48.5 Å². The van der Waals surface area contributed by atoms with Crippen LogP contribution in [0.25, 0.3) is 0 Å². The number of hydrogen-bond donors (Lipinski definition) is 2. The number of fused-ring (bicyclic) bond motifs is 2. The van der Waals surface area contributed by atoms with Crippen LogP contribution in [-0.2, 0) is 32.9 Å². The summed E-state index contributed by atoms with van der Waals surface area (Å²) in [6.45, 7) is 2.27. The third kappa shape index (κ3) is 3.32. The van der Waals surface area contributed by atoms with E-state index in [1.165, 1.54) is 0 Å². The van der Waals surface area contributed by atoms with Crippen molar-refractivity contribution in [2.24, 2.45) is 11.8 Å². The van der Waals surface area contributed by atoms with Crippen molar-refractivity contribution in [3.05, 3.63) is 65.2 Å². The van der Waals surface area contributed by atoms with Crippen molar-refractivity contribution in [2.45, 2.75) is 50.8 Å². The Labute approximate surface area is 186 Å². The highest BCUT2D eigenvalue weighted by Crippen LogP contribution is 2.48. The number of hydrogen-bond acceptors (Lipinski definition) is 5. The predicted octanol–water partition coefficient (Wildman–Crippen LogP) is 3.12. The van der Waals surface area contributed by atoms with E-state index in [1.54, 1.807) is 12.1 Å². The Morgan fingerprint density at radius 2 is 1.97 bits per heavy atom. The van der Waals surface area contributed by atoms with Gasteiger partial charge in [-0.3, -0.25) is 9.59 Å². The molecule has 1 heterocycles. The van der Waals surface area contributed by atoms with Gasteiger partial charge in [-0.15, -0.1) is 0 Å². The lowest BCUT2D eigenvalue weighted by Gasteiger charge is -2.29. The predicted molar refractivity (Wildman–Crippen MR) is 118 cm³/mol. The summed E-state index contributed by atoms with van der Waals surface area (Å²) in [6, 6.07) is 14.0. The molecule has 3 aliphatic rings. The average Bonchev–Trinajstić information content (AvgIpc) is 3.54. The molecule has 5 rings (SSSR count). The van der Waals surface area contributed by atoms with Gasteiger partial charge in [-0.05, 0) is 54.4 Å². The van der Waals surface area contributed by atoms with Gasteiger partial charge in [0.25, 0.3) is 5.91 Å². The van der Waals surface area contributed by atoms with Gasteiger partial charge in [-0.1, -0.05) is 43.3 Å². The SMILES string of the molecule is C[C@@H](C1CC1)C(C(=O)NCc1ccccc1)N1C(=O)O[C@]2(CCc3ccc(N)cc32)C1=O. The van der Waals surface area contributed by atoms with E-state index >= 15 is 0 Å². The van der Waals surface area contributed by atoms with Crippen molar-refractivity contribution in [1.29, 1.82) is 0 Å². The molecule has 32 heavy (non-hydrogen) atoms. The van der Waals surface area contributed by atoms with Gasteiger partial charge in [0, 0.05) is 24.2 Å². The molecular weight excluding hydrogens is 406 g/mol. The minimum atomic E-state index is -1.39. The zero-order chi connectivity index (χ0) is 22.5. The fourth-order valence-corrected chi connectivity index (χ4v) is 5.08. The number of amides is 3. The van der Waals surface area contributed by atoms with E-state index in [-0.39, 0.29) is 11.8 Å². The minimum Gasteiger partial charge on any atom is -0.427 e. The van der Waals surface area contributed by atoms with Gasteiger partial charge in [0.2, 0.25) is 11.5 Å². The Kier molecular flexibility index (Phi) is 4.92. The molecule has 2 aliphatic carbocycles. The Balaban J connectivity index is 1.44. The number of anilines is 1. The Bertz CT molecular complexity index is 1080. The minimum absolute atomic E-state index is 0.154. The summed E-state index contributed by atoms with van der Waals surface area (Å²) < 4.78 is 5.76. The Morgan fingerprint density at radius 3 is 2.69 bits per heavy atom. The summed E-state index contributed by atoms with van der Waals surface area (Å²) in [7, 11) is 0. The molecule has 2 aromatic rings. The van der Waals surface area contributed by atoms with E-state index in [2.05, 4.69) is 5.32 Å². The van der Waals surface area contributed by atoms with Crippen molar-refractivity contribution in [2.75, 3.05) is 5.73 Å². The number of nitrogens with two attached hydrogens (primary N) is 1. The number of carbonyl (C=O) groups excluding carboxylic acids is 3. The van der Waals surface area contributed by atoms with Crippen LogP contribution in [0.4, 0.5) is 10.5 Å². The number of nitrogens with one attached hydrogen (secondary N) is 1. The van der Waals surface area contributed by atoms with Gasteiger partial charge >= 0.3 is 6.09 Å². The maximum Gasteiger partial charge on any atom is 0.418 e. The Morgan fingerprint density at radius 1 is 1.22 bits per heavy atom. The van der Waals surface area contributed by atoms with Crippen molar-refractivity contribution in [1.82, 2.24) is 10.2 Å². The van der Waals surface area contributed by atoms with Crippen molar-refractivity contribution in [3.8, 4) is 0 Å². The smallest absolute Gasteiger partial charge is 0.418 e. The van der Waals surface area contributed by atoms with E-state index in [0.29, 0.717) is 36.6 Å². The first kappa shape index (κ1) is 20.5. The molecule has 7 heteroatoms. The first-order valence-electron chi connectivity index (χ1n) is 11.2. The maximum atomic E-state index is 13.7. The molecule has 1 unspecified atom stereocenters. The van der Waals surface area contributed by atoms with Crippen LogP contribution in [0.3, 0.4) is 0 Å². The second-order valence-electron chi connectivity index (χ2n) is 9.13. The quantitative estimate of drug-likeness (QED) is 0.682. The third-order valence-electron chi connectivity index (χ3n) is 7.06. The molecule has 1 saturated carbocycles. The van der Waals surface area contributed by atoms with Crippen LogP contribution >= 0.6 is 0 Å². The molecule has 0 aromatic heterocycles. The number of carbonyl (C=O) groups is 3. The van der Waals surface area contributed by atoms with E-state index in [1.807, 2.05) is 43.3 Å². The van der Waals surface area contributed by atoms with Crippen molar-refractivity contribution >= 4 is 23.6 Å². The zero-order valence-corrected chi connectivity index (χ0v) is 18.0. The van der Waals surface area contributed by atoms with E-state index < -0.39 is 23.6 Å². The lowest BCUT2D eigenvalue weighted by Crippen LogP contribution is -2.54. The fraction of sp³-hybridized carbons (Fsp3) is 0.400. The fourth-order valence-electron chi connectivity index (χ4n) is 5.08. The summed E-state index contributed by atoms with van der Waals surface area (Å²) >= 11 is 0. The monoisotopic (exact) mass is 433 g/mol. The molecule has 166 valence electrons. The van der Waals surface area contributed by atoms with Crippen LogP contribution in [-0.4, -0.2) is 28.8 Å². The van der Waals surface area contributed by atoms with E-state index in [0.717, 1.165) is 28.9 Å². The molecular formula is C25H27N3O4. The highest BCUT2D eigenvalue weighted by molar-refractivity contribution is 6.07. The molecule has 1 spiro atoms. The normalized spacial score (nSPS) is 23.7. The lowest BCUT2D eigenvalue weighted by atomic mass is 9.91. The first-order valence-corrected chi connectivity index (χ1v) is 11.2. The summed E-state index contributed by atoms with van der Waals surface area (Å²) in [5.41, 5.74) is 7.63. The summed E-state index contributed by atoms with van der Waals surface area (Å²) in [4.78, 5) is 41.2. The van der Waals surface area contributed by atoms with Gasteiger partial charge in [0.1, 0.15) is 6.04 Å². The van der Waals surface area contributed by atoms with E-state index in [9.17, 15) is 14.4 Å². The molecule has 0 radical (unpaired) electrons. The van der Waals surface area contributed by atoms with E-state index in [4.69, 9.17) is 10.5 Å². The van der Waals surface area contributed by atoms with Crippen LogP contribution in [0.2, 0.25) is 0 Å². The first-order chi connectivity index (χ1) is 15.4. The second kappa shape index (κ2) is 7.65. The summed E-state index contributed by atoms with van der Waals surface area (Å²) in [6.07, 6.45) is 2.21. The largest absolute Gasteiger partial charge is 0.427 e. The molecule has 2 aromatic carbocycles. The molecule has 3 amide bonds. The molecule has 3 N–H and O–H groups in total. The molecule has 2 fully saturated rings. The molecule has 7 nitrogen and oxygen atoms in total. The zero-order valence-electron chi connectivity index (χ0n) is 18.0. The lowest BCUT2D eigenvalue weighted by molar-refractivity contribution is -0.143. The maximum absolute atomic E-state index is 13.7.